The highest BCUT2D eigenvalue weighted by atomic mass is 35.5. The fraction of sp³-hybridized carbons (Fsp3) is 0.650. The quantitative estimate of drug-likeness (QED) is 0.728. The SMILES string of the molecule is Cl.Cl.O=C(CCC1CCNCC1)Nc1ccc(CCN2CCCC2)cc1. The maximum atomic E-state index is 12.1. The number of benzene rings is 1. The Labute approximate surface area is 170 Å². The Bertz CT molecular complexity index is 512. The minimum Gasteiger partial charge on any atom is -0.326 e. The Balaban J connectivity index is 0.00000169. The maximum absolute atomic E-state index is 12.1. The minimum absolute atomic E-state index is 0. The van der Waals surface area contributed by atoms with Crippen LogP contribution >= 0.6 is 24.8 Å². The second-order valence-corrected chi connectivity index (χ2v) is 7.28. The zero-order valence-corrected chi connectivity index (χ0v) is 17.2. The number of carbonyl (C=O) groups is 1. The molecule has 26 heavy (non-hydrogen) atoms. The molecule has 2 N–H and O–H groups in total. The second-order valence-electron chi connectivity index (χ2n) is 7.28. The molecule has 1 aromatic rings. The first-order chi connectivity index (χ1) is 11.8. The first kappa shape index (κ1) is 23.2. The highest BCUT2D eigenvalue weighted by molar-refractivity contribution is 5.90. The first-order valence-corrected chi connectivity index (χ1v) is 9.61. The van der Waals surface area contributed by atoms with Gasteiger partial charge < -0.3 is 15.5 Å². The second kappa shape index (κ2) is 12.6. The summed E-state index contributed by atoms with van der Waals surface area (Å²) >= 11 is 0. The number of nitrogens with one attached hydrogen (secondary N) is 2. The average Bonchev–Trinajstić information content (AvgIpc) is 3.14. The predicted molar refractivity (Wildman–Crippen MR) is 114 cm³/mol. The normalized spacial score (nSPS) is 18.0. The Kier molecular flexibility index (Phi) is 11.2. The van der Waals surface area contributed by atoms with Crippen molar-refractivity contribution in [2.75, 3.05) is 38.0 Å². The van der Waals surface area contributed by atoms with Gasteiger partial charge in [0, 0.05) is 18.7 Å². The molecule has 0 bridgehead atoms. The van der Waals surface area contributed by atoms with Gasteiger partial charge in [-0.1, -0.05) is 12.1 Å². The van der Waals surface area contributed by atoms with Gasteiger partial charge in [-0.15, -0.1) is 24.8 Å². The van der Waals surface area contributed by atoms with Gasteiger partial charge in [0.2, 0.25) is 5.91 Å². The van der Waals surface area contributed by atoms with Gasteiger partial charge in [-0.25, -0.2) is 0 Å². The van der Waals surface area contributed by atoms with E-state index in [0.717, 1.165) is 38.2 Å². The zero-order valence-electron chi connectivity index (χ0n) is 15.5. The van der Waals surface area contributed by atoms with Crippen molar-refractivity contribution in [3.05, 3.63) is 29.8 Å². The molecule has 2 fully saturated rings. The fourth-order valence-corrected chi connectivity index (χ4v) is 3.78. The van der Waals surface area contributed by atoms with Crippen LogP contribution in [0.5, 0.6) is 0 Å². The molecule has 1 aromatic carbocycles. The van der Waals surface area contributed by atoms with Crippen molar-refractivity contribution in [3.63, 3.8) is 0 Å². The molecule has 4 nitrogen and oxygen atoms in total. The molecule has 2 aliphatic rings. The molecule has 0 atom stereocenters. The van der Waals surface area contributed by atoms with Crippen LogP contribution in [0.1, 0.15) is 44.1 Å². The van der Waals surface area contributed by atoms with Crippen LogP contribution in [-0.4, -0.2) is 43.5 Å². The monoisotopic (exact) mass is 401 g/mol. The fourth-order valence-electron chi connectivity index (χ4n) is 3.78. The molecule has 2 heterocycles. The van der Waals surface area contributed by atoms with Crippen LogP contribution in [0.4, 0.5) is 5.69 Å². The average molecular weight is 402 g/mol. The third-order valence-corrected chi connectivity index (χ3v) is 5.39. The van der Waals surface area contributed by atoms with Crippen LogP contribution in [0, 0.1) is 5.92 Å². The van der Waals surface area contributed by atoms with Gasteiger partial charge in [0.05, 0.1) is 0 Å². The van der Waals surface area contributed by atoms with Crippen molar-refractivity contribution in [1.29, 1.82) is 0 Å². The largest absolute Gasteiger partial charge is 0.326 e. The molecular formula is C20H33Cl2N3O. The molecule has 0 saturated carbocycles. The van der Waals surface area contributed by atoms with Crippen molar-refractivity contribution >= 4 is 36.4 Å². The number of anilines is 1. The number of likely N-dealkylation sites (tertiary alicyclic amines) is 1. The smallest absolute Gasteiger partial charge is 0.224 e. The van der Waals surface area contributed by atoms with E-state index in [1.807, 2.05) is 12.1 Å². The number of nitrogens with zero attached hydrogens (tertiary/aromatic N) is 1. The van der Waals surface area contributed by atoms with Crippen LogP contribution in [0.3, 0.4) is 0 Å². The molecule has 148 valence electrons. The molecule has 0 aromatic heterocycles. The Hall–Kier alpha value is -0.810. The van der Waals surface area contributed by atoms with E-state index in [4.69, 9.17) is 0 Å². The lowest BCUT2D eigenvalue weighted by molar-refractivity contribution is -0.116. The summed E-state index contributed by atoms with van der Waals surface area (Å²) in [7, 11) is 0. The summed E-state index contributed by atoms with van der Waals surface area (Å²) in [6.45, 7) is 5.87. The summed E-state index contributed by atoms with van der Waals surface area (Å²) in [5.74, 6) is 0.864. The summed E-state index contributed by atoms with van der Waals surface area (Å²) in [5.41, 5.74) is 2.28. The summed E-state index contributed by atoms with van der Waals surface area (Å²) < 4.78 is 0. The summed E-state index contributed by atoms with van der Waals surface area (Å²) in [5, 5.41) is 6.41. The number of halogens is 2. The van der Waals surface area contributed by atoms with Crippen LogP contribution in [0.15, 0.2) is 24.3 Å². The van der Waals surface area contributed by atoms with E-state index < -0.39 is 0 Å². The summed E-state index contributed by atoms with van der Waals surface area (Å²) in [6, 6.07) is 8.39. The van der Waals surface area contributed by atoms with Gasteiger partial charge >= 0.3 is 0 Å². The molecule has 0 unspecified atom stereocenters. The third-order valence-electron chi connectivity index (χ3n) is 5.39. The van der Waals surface area contributed by atoms with Gasteiger partial charge in [0.1, 0.15) is 0 Å². The van der Waals surface area contributed by atoms with E-state index in [-0.39, 0.29) is 30.7 Å². The molecule has 6 heteroatoms. The van der Waals surface area contributed by atoms with Gasteiger partial charge in [0.25, 0.3) is 0 Å². The lowest BCUT2D eigenvalue weighted by Crippen LogP contribution is -2.28. The van der Waals surface area contributed by atoms with Gasteiger partial charge in [-0.05, 0) is 88.3 Å². The maximum Gasteiger partial charge on any atom is 0.224 e. The highest BCUT2D eigenvalue weighted by Gasteiger charge is 2.14. The molecule has 2 saturated heterocycles. The number of amides is 1. The summed E-state index contributed by atoms with van der Waals surface area (Å²) in [4.78, 5) is 14.6. The van der Waals surface area contributed by atoms with E-state index in [1.54, 1.807) is 0 Å². The molecular weight excluding hydrogens is 369 g/mol. The van der Waals surface area contributed by atoms with Crippen LogP contribution in [0.2, 0.25) is 0 Å². The van der Waals surface area contributed by atoms with Gasteiger partial charge in [-0.3, -0.25) is 4.79 Å². The van der Waals surface area contributed by atoms with E-state index in [9.17, 15) is 4.79 Å². The van der Waals surface area contributed by atoms with E-state index in [2.05, 4.69) is 27.7 Å². The molecule has 0 aliphatic carbocycles. The number of hydrogen-bond acceptors (Lipinski definition) is 3. The van der Waals surface area contributed by atoms with Crippen LogP contribution in [0.25, 0.3) is 0 Å². The topological polar surface area (TPSA) is 44.4 Å². The van der Waals surface area contributed by atoms with Crippen molar-refractivity contribution in [1.82, 2.24) is 10.2 Å². The Morgan fingerprint density at radius 3 is 2.38 bits per heavy atom. The van der Waals surface area contributed by atoms with E-state index >= 15 is 0 Å². The minimum atomic E-state index is 0. The van der Waals surface area contributed by atoms with Crippen molar-refractivity contribution in [2.24, 2.45) is 5.92 Å². The Morgan fingerprint density at radius 1 is 1.08 bits per heavy atom. The number of rotatable bonds is 7. The lowest BCUT2D eigenvalue weighted by Gasteiger charge is -2.22. The highest BCUT2D eigenvalue weighted by Crippen LogP contribution is 2.18. The van der Waals surface area contributed by atoms with Gasteiger partial charge in [0.15, 0.2) is 0 Å². The Morgan fingerprint density at radius 2 is 1.73 bits per heavy atom. The van der Waals surface area contributed by atoms with E-state index in [1.165, 1.54) is 44.3 Å². The van der Waals surface area contributed by atoms with Gasteiger partial charge in [-0.2, -0.15) is 0 Å². The van der Waals surface area contributed by atoms with Crippen LogP contribution < -0.4 is 10.6 Å². The molecule has 0 radical (unpaired) electrons. The predicted octanol–water partition coefficient (Wildman–Crippen LogP) is 3.89. The number of piperidine rings is 1. The number of hydrogen-bond donors (Lipinski definition) is 2. The zero-order chi connectivity index (χ0) is 16.6. The van der Waals surface area contributed by atoms with E-state index in [0.29, 0.717) is 12.3 Å². The standard InChI is InChI=1S/C20H31N3O.2ClH/c24-20(8-5-18-9-12-21-13-10-18)22-19-6-3-17(4-7-19)11-16-23-14-1-2-15-23;;/h3-4,6-7,18,21H,1-2,5,8-16H2,(H,22,24);2*1H. The van der Waals surface area contributed by atoms with Crippen molar-refractivity contribution in [2.45, 2.75) is 44.9 Å². The summed E-state index contributed by atoms with van der Waals surface area (Å²) in [6.07, 6.45) is 7.87. The molecule has 1 amide bonds. The third kappa shape index (κ3) is 7.83. The molecule has 3 rings (SSSR count). The van der Waals surface area contributed by atoms with Crippen molar-refractivity contribution < 1.29 is 4.79 Å². The number of carbonyl (C=O) groups excluding carboxylic acids is 1. The molecule has 0 spiro atoms. The van der Waals surface area contributed by atoms with Crippen LogP contribution in [-0.2, 0) is 11.2 Å². The first-order valence-electron chi connectivity index (χ1n) is 9.61. The molecule has 2 aliphatic heterocycles. The van der Waals surface area contributed by atoms with Crippen molar-refractivity contribution in [3.8, 4) is 0 Å². The lowest BCUT2D eigenvalue weighted by atomic mass is 9.93.